The van der Waals surface area contributed by atoms with Gasteiger partial charge >= 0.3 is 0 Å². The second-order valence-corrected chi connectivity index (χ2v) is 11.2. The summed E-state index contributed by atoms with van der Waals surface area (Å²) in [6.07, 6.45) is 9.13. The fraction of sp³-hybridized carbons (Fsp3) is 0.565. The maximum absolute atomic E-state index is 13.4. The molecule has 1 aromatic carbocycles. The van der Waals surface area contributed by atoms with Crippen LogP contribution in [-0.4, -0.2) is 10.9 Å². The number of amides is 1. The van der Waals surface area contributed by atoms with Gasteiger partial charge in [-0.1, -0.05) is 36.5 Å². The molecule has 0 unspecified atom stereocenters. The number of rotatable bonds is 5. The van der Waals surface area contributed by atoms with Crippen LogP contribution in [-0.2, 0) is 11.2 Å². The molecule has 29 heavy (non-hydrogen) atoms. The maximum atomic E-state index is 13.4. The van der Waals surface area contributed by atoms with Crippen molar-refractivity contribution in [2.45, 2.75) is 58.3 Å². The average Bonchev–Trinajstić information content (AvgIpc) is 3.03. The number of halogens is 2. The molecule has 1 heterocycles. The monoisotopic (exact) mass is 448 g/mol. The predicted molar refractivity (Wildman–Crippen MR) is 121 cm³/mol. The van der Waals surface area contributed by atoms with E-state index in [0.29, 0.717) is 15.2 Å². The van der Waals surface area contributed by atoms with Gasteiger partial charge in [-0.05, 0) is 80.9 Å². The van der Waals surface area contributed by atoms with Gasteiger partial charge in [0, 0.05) is 15.5 Å². The Morgan fingerprint density at radius 3 is 2.41 bits per heavy atom. The summed E-state index contributed by atoms with van der Waals surface area (Å²) < 4.78 is 0. The Balaban J connectivity index is 1.42. The number of thiazole rings is 1. The largest absolute Gasteiger partial charge is 0.301 e. The van der Waals surface area contributed by atoms with Gasteiger partial charge < -0.3 is 5.32 Å². The first-order chi connectivity index (χ1) is 14.0. The van der Waals surface area contributed by atoms with E-state index in [4.69, 9.17) is 28.2 Å². The summed E-state index contributed by atoms with van der Waals surface area (Å²) in [7, 11) is 0. The van der Waals surface area contributed by atoms with Gasteiger partial charge in [0.25, 0.3) is 0 Å². The number of nitrogens with one attached hydrogen (secondary N) is 1. The van der Waals surface area contributed by atoms with Crippen molar-refractivity contribution >= 4 is 45.6 Å². The Bertz CT molecular complexity index is 919. The lowest BCUT2D eigenvalue weighted by Gasteiger charge is -2.55. The molecule has 6 rings (SSSR count). The van der Waals surface area contributed by atoms with E-state index in [0.717, 1.165) is 66.0 Å². The van der Waals surface area contributed by atoms with Crippen molar-refractivity contribution in [1.29, 1.82) is 0 Å². The summed E-state index contributed by atoms with van der Waals surface area (Å²) >= 11 is 14.1. The molecule has 0 atom stereocenters. The van der Waals surface area contributed by atoms with Crippen molar-refractivity contribution in [1.82, 2.24) is 4.98 Å². The summed E-state index contributed by atoms with van der Waals surface area (Å²) in [5.74, 6) is 2.45. The van der Waals surface area contributed by atoms with Crippen molar-refractivity contribution in [3.05, 3.63) is 33.1 Å². The predicted octanol–water partition coefficient (Wildman–Crippen LogP) is 7.22. The van der Waals surface area contributed by atoms with Crippen LogP contribution < -0.4 is 5.32 Å². The van der Waals surface area contributed by atoms with Crippen molar-refractivity contribution in [2.24, 2.45) is 23.2 Å². The number of anilines is 1. The third-order valence-electron chi connectivity index (χ3n) is 7.10. The molecule has 1 aromatic heterocycles. The van der Waals surface area contributed by atoms with Crippen molar-refractivity contribution in [3.8, 4) is 11.3 Å². The number of aryl methyl sites for hydroxylation is 1. The molecular formula is C23H26Cl2N2OS. The van der Waals surface area contributed by atoms with E-state index in [1.54, 1.807) is 17.4 Å². The van der Waals surface area contributed by atoms with Gasteiger partial charge in [-0.3, -0.25) is 4.79 Å². The van der Waals surface area contributed by atoms with E-state index in [2.05, 4.69) is 12.2 Å². The molecule has 1 amide bonds. The fourth-order valence-electron chi connectivity index (χ4n) is 6.31. The lowest BCUT2D eigenvalue weighted by atomic mass is 9.49. The molecule has 154 valence electrons. The van der Waals surface area contributed by atoms with Gasteiger partial charge in [0.1, 0.15) is 0 Å². The van der Waals surface area contributed by atoms with Crippen LogP contribution in [0.15, 0.2) is 18.2 Å². The van der Waals surface area contributed by atoms with Crippen LogP contribution in [0.3, 0.4) is 0 Å². The van der Waals surface area contributed by atoms with E-state index < -0.39 is 0 Å². The topological polar surface area (TPSA) is 42.0 Å². The van der Waals surface area contributed by atoms with Gasteiger partial charge in [0.15, 0.2) is 5.13 Å². The number of benzene rings is 1. The number of hydrogen-bond donors (Lipinski definition) is 1. The summed E-state index contributed by atoms with van der Waals surface area (Å²) in [6, 6.07) is 5.51. The molecule has 4 saturated carbocycles. The second kappa shape index (κ2) is 7.55. The Labute approximate surface area is 186 Å². The Kier molecular flexibility index (Phi) is 5.16. The van der Waals surface area contributed by atoms with Crippen LogP contribution in [0.25, 0.3) is 11.3 Å². The van der Waals surface area contributed by atoms with Crippen molar-refractivity contribution < 1.29 is 4.79 Å². The van der Waals surface area contributed by atoms with Gasteiger partial charge in [-0.25, -0.2) is 4.98 Å². The van der Waals surface area contributed by atoms with Crippen LogP contribution in [0, 0.1) is 23.2 Å². The number of aromatic nitrogens is 1. The molecule has 2 aromatic rings. The van der Waals surface area contributed by atoms with Gasteiger partial charge in [-0.15, -0.1) is 11.3 Å². The molecule has 0 aliphatic heterocycles. The third kappa shape index (κ3) is 3.62. The first-order valence-electron chi connectivity index (χ1n) is 10.7. The summed E-state index contributed by atoms with van der Waals surface area (Å²) in [4.78, 5) is 19.4. The van der Waals surface area contributed by atoms with Crippen LogP contribution >= 0.6 is 34.5 Å². The average molecular weight is 449 g/mol. The number of hydrogen-bond acceptors (Lipinski definition) is 3. The molecule has 0 spiro atoms. The molecule has 6 heteroatoms. The minimum absolute atomic E-state index is 0.163. The molecule has 1 N–H and O–H groups in total. The summed E-state index contributed by atoms with van der Waals surface area (Å²) in [6.45, 7) is 2.15. The Hall–Kier alpha value is -1.10. The zero-order valence-corrected chi connectivity index (χ0v) is 19.0. The lowest BCUT2D eigenvalue weighted by Crippen LogP contribution is -2.51. The van der Waals surface area contributed by atoms with Crippen LogP contribution in [0.1, 0.15) is 56.7 Å². The zero-order valence-electron chi connectivity index (χ0n) is 16.6. The minimum atomic E-state index is -0.163. The molecule has 4 bridgehead atoms. The number of carbonyl (C=O) groups excluding carboxylic acids is 1. The van der Waals surface area contributed by atoms with Crippen molar-refractivity contribution in [3.63, 3.8) is 0 Å². The van der Waals surface area contributed by atoms with Crippen LogP contribution in [0.2, 0.25) is 10.0 Å². The van der Waals surface area contributed by atoms with E-state index in [1.165, 1.54) is 19.3 Å². The van der Waals surface area contributed by atoms with Gasteiger partial charge in [0.2, 0.25) is 5.91 Å². The molecule has 4 fully saturated rings. The first kappa shape index (κ1) is 19.8. The molecule has 3 nitrogen and oxygen atoms in total. The van der Waals surface area contributed by atoms with Crippen LogP contribution in [0.5, 0.6) is 0 Å². The number of nitrogens with zero attached hydrogens (tertiary/aromatic N) is 1. The summed E-state index contributed by atoms with van der Waals surface area (Å²) in [5, 5.41) is 5.13. The molecule has 4 aliphatic carbocycles. The van der Waals surface area contributed by atoms with E-state index in [1.807, 2.05) is 12.1 Å². The Morgan fingerprint density at radius 1 is 1.17 bits per heavy atom. The summed E-state index contributed by atoms with van der Waals surface area (Å²) in [5.41, 5.74) is 1.59. The highest BCUT2D eigenvalue weighted by molar-refractivity contribution is 7.16. The SMILES string of the molecule is CCCc1sc(NC(=O)C23CC4CC(CC(C4)C2)C3)nc1-c1ccc(Cl)cc1Cl. The van der Waals surface area contributed by atoms with Crippen LogP contribution in [0.4, 0.5) is 5.13 Å². The molecule has 4 aliphatic rings. The highest BCUT2D eigenvalue weighted by atomic mass is 35.5. The lowest BCUT2D eigenvalue weighted by molar-refractivity contribution is -0.140. The first-order valence-corrected chi connectivity index (χ1v) is 12.3. The smallest absolute Gasteiger partial charge is 0.232 e. The van der Waals surface area contributed by atoms with E-state index in [9.17, 15) is 4.79 Å². The van der Waals surface area contributed by atoms with Crippen molar-refractivity contribution in [2.75, 3.05) is 5.32 Å². The molecule has 0 radical (unpaired) electrons. The number of carbonyl (C=O) groups is 1. The zero-order chi connectivity index (χ0) is 20.2. The fourth-order valence-corrected chi connectivity index (χ4v) is 7.88. The standard InChI is InChI=1S/C23H26Cl2N2OS/c1-2-3-19-20(17-5-4-16(24)9-18(17)25)26-22(29-19)27-21(28)23-10-13-6-14(11-23)8-15(7-13)12-23/h4-5,9,13-15H,2-3,6-8,10-12H2,1H3,(H,26,27,28). The second-order valence-electron chi connectivity index (χ2n) is 9.32. The minimum Gasteiger partial charge on any atom is -0.301 e. The maximum Gasteiger partial charge on any atom is 0.232 e. The van der Waals surface area contributed by atoms with E-state index >= 15 is 0 Å². The van der Waals surface area contributed by atoms with E-state index in [-0.39, 0.29) is 11.3 Å². The molecule has 0 saturated heterocycles. The Morgan fingerprint density at radius 2 is 1.83 bits per heavy atom. The molecular weight excluding hydrogens is 423 g/mol. The third-order valence-corrected chi connectivity index (χ3v) is 8.68. The van der Waals surface area contributed by atoms with Gasteiger partial charge in [0.05, 0.1) is 16.1 Å². The normalized spacial score (nSPS) is 30.0. The highest BCUT2D eigenvalue weighted by Crippen LogP contribution is 2.60. The highest BCUT2D eigenvalue weighted by Gasteiger charge is 2.54. The quantitative estimate of drug-likeness (QED) is 0.523. The van der Waals surface area contributed by atoms with Gasteiger partial charge in [-0.2, -0.15) is 0 Å².